The molecule has 0 bridgehead atoms. The van der Waals surface area contributed by atoms with Crippen LogP contribution in [0.2, 0.25) is 0 Å². The van der Waals surface area contributed by atoms with Crippen molar-refractivity contribution in [2.45, 2.75) is 77.6 Å². The Bertz CT molecular complexity index is 267. The highest BCUT2D eigenvalue weighted by Gasteiger charge is 2.23. The van der Waals surface area contributed by atoms with Crippen molar-refractivity contribution in [2.24, 2.45) is 23.7 Å². The molecule has 0 aromatic carbocycles. The van der Waals surface area contributed by atoms with Gasteiger partial charge in [0, 0.05) is 6.61 Å². The molecule has 0 radical (unpaired) electrons. The molecule has 0 aliphatic heterocycles. The van der Waals surface area contributed by atoms with E-state index < -0.39 is 0 Å². The van der Waals surface area contributed by atoms with Crippen LogP contribution in [0.1, 0.15) is 77.6 Å². The summed E-state index contributed by atoms with van der Waals surface area (Å²) in [5, 5.41) is 9.19. The third-order valence-corrected chi connectivity index (χ3v) is 5.74. The smallest absolute Gasteiger partial charge is 0.0459 e. The van der Waals surface area contributed by atoms with Crippen molar-refractivity contribution in [1.29, 1.82) is 0 Å². The molecule has 0 spiro atoms. The molecule has 0 aromatic rings. The molecule has 0 aromatic heterocycles. The Morgan fingerprint density at radius 3 is 1.80 bits per heavy atom. The molecule has 0 atom stereocenters. The SMILES string of the molecule is CCC=CC1CCC(CCC2CCC(CO)CC2)CC1. The van der Waals surface area contributed by atoms with Gasteiger partial charge in [0.15, 0.2) is 0 Å². The maximum absolute atomic E-state index is 9.19. The van der Waals surface area contributed by atoms with E-state index in [2.05, 4.69) is 19.1 Å². The topological polar surface area (TPSA) is 20.2 Å². The van der Waals surface area contributed by atoms with Crippen LogP contribution >= 0.6 is 0 Å². The minimum absolute atomic E-state index is 0.419. The molecule has 2 aliphatic rings. The van der Waals surface area contributed by atoms with Gasteiger partial charge in [-0.25, -0.2) is 0 Å². The highest BCUT2D eigenvalue weighted by Crippen LogP contribution is 2.36. The normalized spacial score (nSPS) is 35.5. The lowest BCUT2D eigenvalue weighted by atomic mass is 9.75. The predicted octanol–water partition coefficient (Wildman–Crippen LogP) is 5.34. The molecule has 0 saturated heterocycles. The highest BCUT2D eigenvalue weighted by molar-refractivity contribution is 4.90. The van der Waals surface area contributed by atoms with Gasteiger partial charge in [0.1, 0.15) is 0 Å². The van der Waals surface area contributed by atoms with Crippen molar-refractivity contribution in [3.8, 4) is 0 Å². The quantitative estimate of drug-likeness (QED) is 0.650. The van der Waals surface area contributed by atoms with E-state index >= 15 is 0 Å². The molecule has 0 unspecified atom stereocenters. The fourth-order valence-corrected chi connectivity index (χ4v) is 4.17. The summed E-state index contributed by atoms with van der Waals surface area (Å²) in [6.45, 7) is 2.65. The molecule has 1 nitrogen and oxygen atoms in total. The van der Waals surface area contributed by atoms with Crippen LogP contribution in [0.3, 0.4) is 0 Å². The second-order valence-electron chi connectivity index (χ2n) is 7.26. The van der Waals surface area contributed by atoms with Crippen molar-refractivity contribution < 1.29 is 5.11 Å². The first-order chi connectivity index (χ1) is 9.81. The van der Waals surface area contributed by atoms with Gasteiger partial charge in [-0.1, -0.05) is 44.8 Å². The molecule has 2 saturated carbocycles. The lowest BCUT2D eigenvalue weighted by molar-refractivity contribution is 0.158. The fraction of sp³-hybridized carbons (Fsp3) is 0.895. The Morgan fingerprint density at radius 1 is 0.800 bits per heavy atom. The first-order valence-electron chi connectivity index (χ1n) is 9.09. The van der Waals surface area contributed by atoms with Crippen LogP contribution in [0.15, 0.2) is 12.2 Å². The lowest BCUT2D eigenvalue weighted by Gasteiger charge is -2.31. The highest BCUT2D eigenvalue weighted by atomic mass is 16.3. The molecule has 2 fully saturated rings. The van der Waals surface area contributed by atoms with E-state index in [0.717, 1.165) is 17.8 Å². The number of rotatable bonds is 6. The lowest BCUT2D eigenvalue weighted by Crippen LogP contribution is -2.19. The van der Waals surface area contributed by atoms with Crippen LogP contribution in [0.4, 0.5) is 0 Å². The van der Waals surface area contributed by atoms with E-state index in [9.17, 15) is 5.11 Å². The van der Waals surface area contributed by atoms with Gasteiger partial charge in [-0.15, -0.1) is 0 Å². The van der Waals surface area contributed by atoms with Crippen LogP contribution in [0.25, 0.3) is 0 Å². The zero-order valence-electron chi connectivity index (χ0n) is 13.4. The van der Waals surface area contributed by atoms with E-state index in [1.54, 1.807) is 0 Å². The zero-order valence-corrected chi connectivity index (χ0v) is 13.4. The van der Waals surface area contributed by atoms with E-state index in [4.69, 9.17) is 0 Å². The van der Waals surface area contributed by atoms with Crippen LogP contribution in [-0.2, 0) is 0 Å². The van der Waals surface area contributed by atoms with Gasteiger partial charge in [-0.05, 0) is 68.6 Å². The van der Waals surface area contributed by atoms with Crippen molar-refractivity contribution in [2.75, 3.05) is 6.61 Å². The summed E-state index contributed by atoms with van der Waals surface area (Å²) in [7, 11) is 0. The molecule has 1 heteroatoms. The summed E-state index contributed by atoms with van der Waals surface area (Å²) >= 11 is 0. The van der Waals surface area contributed by atoms with E-state index in [1.165, 1.54) is 70.6 Å². The van der Waals surface area contributed by atoms with Crippen molar-refractivity contribution in [3.63, 3.8) is 0 Å². The number of aliphatic hydroxyl groups excluding tert-OH is 1. The minimum atomic E-state index is 0.419. The van der Waals surface area contributed by atoms with Crippen LogP contribution in [0.5, 0.6) is 0 Å². The summed E-state index contributed by atoms with van der Waals surface area (Å²) < 4.78 is 0. The molecular formula is C19H34O. The average molecular weight is 278 g/mol. The second-order valence-corrected chi connectivity index (χ2v) is 7.26. The summed E-state index contributed by atoms with van der Waals surface area (Å²) in [5.74, 6) is 3.48. The van der Waals surface area contributed by atoms with Gasteiger partial charge in [0.05, 0.1) is 0 Å². The molecule has 0 heterocycles. The molecule has 2 rings (SSSR count). The van der Waals surface area contributed by atoms with Crippen LogP contribution in [0, 0.1) is 23.7 Å². The Kier molecular flexibility index (Phi) is 7.13. The Hall–Kier alpha value is -0.300. The number of hydrogen-bond donors (Lipinski definition) is 1. The first kappa shape index (κ1) is 16.1. The summed E-state index contributed by atoms with van der Waals surface area (Å²) in [4.78, 5) is 0. The van der Waals surface area contributed by atoms with E-state index in [-0.39, 0.29) is 0 Å². The van der Waals surface area contributed by atoms with Gasteiger partial charge in [-0.2, -0.15) is 0 Å². The molecule has 0 amide bonds. The number of hydrogen-bond acceptors (Lipinski definition) is 1. The molecular weight excluding hydrogens is 244 g/mol. The summed E-state index contributed by atoms with van der Waals surface area (Å²) in [6.07, 6.45) is 20.0. The first-order valence-corrected chi connectivity index (χ1v) is 9.09. The van der Waals surface area contributed by atoms with Gasteiger partial charge in [0.25, 0.3) is 0 Å². The van der Waals surface area contributed by atoms with Gasteiger partial charge in [0.2, 0.25) is 0 Å². The number of allylic oxidation sites excluding steroid dienone is 2. The summed E-state index contributed by atoms with van der Waals surface area (Å²) in [6, 6.07) is 0. The second kappa shape index (κ2) is 8.87. The Morgan fingerprint density at radius 2 is 1.30 bits per heavy atom. The molecule has 2 aliphatic carbocycles. The third kappa shape index (κ3) is 5.24. The molecule has 116 valence electrons. The minimum Gasteiger partial charge on any atom is -0.396 e. The summed E-state index contributed by atoms with van der Waals surface area (Å²) in [5.41, 5.74) is 0. The van der Waals surface area contributed by atoms with E-state index in [0.29, 0.717) is 12.5 Å². The fourth-order valence-electron chi connectivity index (χ4n) is 4.17. The Labute approximate surface area is 125 Å². The largest absolute Gasteiger partial charge is 0.396 e. The standard InChI is InChI=1S/C19H34O/c1-2-3-4-16-5-7-17(8-6-16)9-10-18-11-13-19(15-20)14-12-18/h3-4,16-20H,2,5-15H2,1H3. The molecule has 1 N–H and O–H groups in total. The maximum atomic E-state index is 9.19. The predicted molar refractivity (Wildman–Crippen MR) is 86.6 cm³/mol. The maximum Gasteiger partial charge on any atom is 0.0459 e. The average Bonchev–Trinajstić information content (AvgIpc) is 2.52. The zero-order chi connectivity index (χ0) is 14.2. The monoisotopic (exact) mass is 278 g/mol. The van der Waals surface area contributed by atoms with Crippen LogP contribution < -0.4 is 0 Å². The van der Waals surface area contributed by atoms with Crippen molar-refractivity contribution in [1.82, 2.24) is 0 Å². The van der Waals surface area contributed by atoms with Crippen molar-refractivity contribution in [3.05, 3.63) is 12.2 Å². The third-order valence-electron chi connectivity index (χ3n) is 5.74. The van der Waals surface area contributed by atoms with Gasteiger partial charge in [-0.3, -0.25) is 0 Å². The van der Waals surface area contributed by atoms with Crippen molar-refractivity contribution >= 4 is 0 Å². The van der Waals surface area contributed by atoms with Gasteiger partial charge >= 0.3 is 0 Å². The van der Waals surface area contributed by atoms with Crippen LogP contribution in [-0.4, -0.2) is 11.7 Å². The molecule has 20 heavy (non-hydrogen) atoms. The Balaban J connectivity index is 1.58. The number of aliphatic hydroxyl groups is 1. The van der Waals surface area contributed by atoms with E-state index in [1.807, 2.05) is 0 Å². The van der Waals surface area contributed by atoms with Gasteiger partial charge < -0.3 is 5.11 Å².